The Morgan fingerprint density at radius 1 is 1.38 bits per heavy atom. The Hall–Kier alpha value is -2.70. The summed E-state index contributed by atoms with van der Waals surface area (Å²) in [6.07, 6.45) is 4.83. The Bertz CT molecular complexity index is 637. The predicted molar refractivity (Wildman–Crippen MR) is 75.2 cm³/mol. The third-order valence-corrected chi connectivity index (χ3v) is 2.92. The maximum atomic E-state index is 12.4. The Kier molecular flexibility index (Phi) is 4.32. The molecule has 2 heterocycles. The number of aliphatic carboxylic acids is 1. The molecule has 21 heavy (non-hydrogen) atoms. The summed E-state index contributed by atoms with van der Waals surface area (Å²) in [5, 5.41) is 13.0. The van der Waals surface area contributed by atoms with E-state index in [2.05, 4.69) is 10.1 Å². The first-order valence-corrected chi connectivity index (χ1v) is 6.48. The number of carbonyl (C=O) groups is 2. The minimum Gasteiger partial charge on any atom is -0.480 e. The third kappa shape index (κ3) is 3.44. The largest absolute Gasteiger partial charge is 0.480 e. The van der Waals surface area contributed by atoms with Gasteiger partial charge in [-0.1, -0.05) is 0 Å². The van der Waals surface area contributed by atoms with Crippen LogP contribution in [0.5, 0.6) is 0 Å². The van der Waals surface area contributed by atoms with E-state index in [1.165, 1.54) is 15.8 Å². The molecule has 0 aliphatic carbocycles. The molecule has 1 N–H and O–H groups in total. The van der Waals surface area contributed by atoms with Crippen LogP contribution >= 0.6 is 0 Å². The first kappa shape index (κ1) is 14.7. The van der Waals surface area contributed by atoms with E-state index in [4.69, 9.17) is 5.11 Å². The minimum atomic E-state index is -1.04. The average Bonchev–Trinajstić information content (AvgIpc) is 2.98. The number of rotatable bonds is 5. The molecule has 7 nitrogen and oxygen atoms in total. The molecule has 0 spiro atoms. The molecule has 0 aliphatic heterocycles. The predicted octanol–water partition coefficient (Wildman–Crippen LogP) is 1.20. The van der Waals surface area contributed by atoms with E-state index in [1.54, 1.807) is 44.4 Å². The number of pyridine rings is 1. The van der Waals surface area contributed by atoms with E-state index in [1.807, 2.05) is 0 Å². The molecule has 0 unspecified atom stereocenters. The average molecular weight is 288 g/mol. The van der Waals surface area contributed by atoms with Gasteiger partial charge in [0.25, 0.3) is 5.91 Å². The van der Waals surface area contributed by atoms with Gasteiger partial charge in [-0.15, -0.1) is 0 Å². The molecule has 0 atom stereocenters. The zero-order valence-electron chi connectivity index (χ0n) is 11.8. The van der Waals surface area contributed by atoms with Crippen LogP contribution < -0.4 is 0 Å². The zero-order chi connectivity index (χ0) is 15.4. The highest BCUT2D eigenvalue weighted by Gasteiger charge is 2.21. The molecular weight excluding hydrogens is 272 g/mol. The van der Waals surface area contributed by atoms with E-state index in [0.29, 0.717) is 11.4 Å². The molecule has 0 bridgehead atoms. The minimum absolute atomic E-state index is 0.213. The van der Waals surface area contributed by atoms with Crippen LogP contribution in [0.1, 0.15) is 24.2 Å². The van der Waals surface area contributed by atoms with Gasteiger partial charge in [0, 0.05) is 30.2 Å². The van der Waals surface area contributed by atoms with Crippen molar-refractivity contribution < 1.29 is 14.7 Å². The summed E-state index contributed by atoms with van der Waals surface area (Å²) in [6, 6.07) is 4.69. The third-order valence-electron chi connectivity index (χ3n) is 2.92. The summed E-state index contributed by atoms with van der Waals surface area (Å²) in [5.41, 5.74) is 0.380. The number of nitrogens with zero attached hydrogens (tertiary/aromatic N) is 4. The van der Waals surface area contributed by atoms with E-state index in [0.717, 1.165) is 0 Å². The van der Waals surface area contributed by atoms with E-state index in [9.17, 15) is 9.59 Å². The fourth-order valence-electron chi connectivity index (χ4n) is 1.88. The van der Waals surface area contributed by atoms with Crippen molar-refractivity contribution in [1.82, 2.24) is 19.7 Å². The van der Waals surface area contributed by atoms with Gasteiger partial charge in [-0.05, 0) is 32.0 Å². The molecule has 2 aromatic rings. The van der Waals surface area contributed by atoms with Gasteiger partial charge in [-0.3, -0.25) is 9.59 Å². The van der Waals surface area contributed by atoms with Gasteiger partial charge >= 0.3 is 5.97 Å². The molecule has 0 aliphatic rings. The lowest BCUT2D eigenvalue weighted by molar-refractivity contribution is -0.138. The number of amides is 1. The molecule has 2 rings (SSSR count). The number of hydrogen-bond donors (Lipinski definition) is 1. The van der Waals surface area contributed by atoms with Crippen LogP contribution in [0.4, 0.5) is 0 Å². The summed E-state index contributed by atoms with van der Waals surface area (Å²) in [4.78, 5) is 28.8. The normalized spacial score (nSPS) is 10.6. The topological polar surface area (TPSA) is 88.3 Å². The standard InChI is InChI=1S/C14H16N4O3/c1-10(2)17(9-13(19)20)14(21)11-4-6-15-12(8-11)18-7-3-5-16-18/h3-8,10H,9H2,1-2H3,(H,19,20). The number of carbonyl (C=O) groups excluding carboxylic acids is 1. The second kappa shape index (κ2) is 6.17. The van der Waals surface area contributed by atoms with Gasteiger partial charge in [0.15, 0.2) is 5.82 Å². The van der Waals surface area contributed by atoms with Crippen LogP contribution in [0.2, 0.25) is 0 Å². The molecule has 1 amide bonds. The molecule has 0 saturated carbocycles. The zero-order valence-corrected chi connectivity index (χ0v) is 11.8. The summed E-state index contributed by atoms with van der Waals surface area (Å²) >= 11 is 0. The lowest BCUT2D eigenvalue weighted by Gasteiger charge is -2.25. The number of aromatic nitrogens is 3. The Morgan fingerprint density at radius 2 is 2.14 bits per heavy atom. The van der Waals surface area contributed by atoms with E-state index >= 15 is 0 Å². The van der Waals surface area contributed by atoms with Crippen molar-refractivity contribution in [3.05, 3.63) is 42.4 Å². The first-order valence-electron chi connectivity index (χ1n) is 6.48. The van der Waals surface area contributed by atoms with Crippen LogP contribution in [-0.4, -0.2) is 49.2 Å². The quantitative estimate of drug-likeness (QED) is 0.893. The number of carboxylic acids is 1. The summed E-state index contributed by atoms with van der Waals surface area (Å²) in [5.74, 6) is -0.883. The number of carboxylic acid groups (broad SMARTS) is 1. The van der Waals surface area contributed by atoms with Crippen molar-refractivity contribution in [2.24, 2.45) is 0 Å². The Labute approximate surface area is 121 Å². The summed E-state index contributed by atoms with van der Waals surface area (Å²) in [7, 11) is 0. The van der Waals surface area contributed by atoms with Gasteiger partial charge in [0.2, 0.25) is 0 Å². The van der Waals surface area contributed by atoms with Gasteiger partial charge in [-0.25, -0.2) is 9.67 Å². The van der Waals surface area contributed by atoms with Gasteiger partial charge < -0.3 is 10.0 Å². The molecule has 110 valence electrons. The molecule has 0 fully saturated rings. The maximum absolute atomic E-state index is 12.4. The SMILES string of the molecule is CC(C)N(CC(=O)O)C(=O)c1ccnc(-n2cccn2)c1. The van der Waals surface area contributed by atoms with Crippen LogP contribution in [0, 0.1) is 0 Å². The Morgan fingerprint density at radius 3 is 2.71 bits per heavy atom. The molecule has 0 radical (unpaired) electrons. The van der Waals surface area contributed by atoms with Gasteiger partial charge in [0.05, 0.1) is 0 Å². The van der Waals surface area contributed by atoms with Crippen molar-refractivity contribution in [3.8, 4) is 5.82 Å². The smallest absolute Gasteiger partial charge is 0.323 e. The van der Waals surface area contributed by atoms with Gasteiger partial charge in [-0.2, -0.15) is 5.10 Å². The molecule has 0 aromatic carbocycles. The highest BCUT2D eigenvalue weighted by molar-refractivity contribution is 5.96. The lowest BCUT2D eigenvalue weighted by Crippen LogP contribution is -2.40. The van der Waals surface area contributed by atoms with E-state index in [-0.39, 0.29) is 18.5 Å². The lowest BCUT2D eigenvalue weighted by atomic mass is 10.2. The second-order valence-corrected chi connectivity index (χ2v) is 4.77. The molecule has 2 aromatic heterocycles. The van der Waals surface area contributed by atoms with Crippen LogP contribution in [0.15, 0.2) is 36.8 Å². The molecule has 7 heteroatoms. The van der Waals surface area contributed by atoms with Crippen molar-refractivity contribution in [2.75, 3.05) is 6.54 Å². The van der Waals surface area contributed by atoms with Gasteiger partial charge in [0.1, 0.15) is 6.54 Å². The maximum Gasteiger partial charge on any atom is 0.323 e. The van der Waals surface area contributed by atoms with Crippen molar-refractivity contribution in [2.45, 2.75) is 19.9 Å². The second-order valence-electron chi connectivity index (χ2n) is 4.77. The van der Waals surface area contributed by atoms with Crippen molar-refractivity contribution >= 4 is 11.9 Å². The van der Waals surface area contributed by atoms with Crippen LogP contribution in [0.25, 0.3) is 5.82 Å². The fraction of sp³-hybridized carbons (Fsp3) is 0.286. The van der Waals surface area contributed by atoms with Crippen LogP contribution in [-0.2, 0) is 4.79 Å². The highest BCUT2D eigenvalue weighted by atomic mass is 16.4. The van der Waals surface area contributed by atoms with Crippen LogP contribution in [0.3, 0.4) is 0 Å². The molecular formula is C14H16N4O3. The fourth-order valence-corrected chi connectivity index (χ4v) is 1.88. The monoisotopic (exact) mass is 288 g/mol. The Balaban J connectivity index is 2.30. The molecule has 0 saturated heterocycles. The summed E-state index contributed by atoms with van der Waals surface area (Å²) < 4.78 is 1.54. The van der Waals surface area contributed by atoms with E-state index < -0.39 is 5.97 Å². The highest BCUT2D eigenvalue weighted by Crippen LogP contribution is 2.11. The number of hydrogen-bond acceptors (Lipinski definition) is 4. The first-order chi connectivity index (χ1) is 9.99. The summed E-state index contributed by atoms with van der Waals surface area (Å²) in [6.45, 7) is 3.21. The van der Waals surface area contributed by atoms with Crippen molar-refractivity contribution in [1.29, 1.82) is 0 Å². The van der Waals surface area contributed by atoms with Crippen molar-refractivity contribution in [3.63, 3.8) is 0 Å².